The van der Waals surface area contributed by atoms with E-state index in [1.807, 2.05) is 18.2 Å². The first kappa shape index (κ1) is 10.5. The second-order valence-corrected chi connectivity index (χ2v) is 4.49. The molecule has 0 saturated carbocycles. The number of aryl methyl sites for hydroxylation is 1. The van der Waals surface area contributed by atoms with Gasteiger partial charge < -0.3 is 4.90 Å². The van der Waals surface area contributed by atoms with E-state index in [0.717, 1.165) is 25.1 Å². The number of carbonyl (C=O) groups is 1. The molecule has 0 saturated heterocycles. The second-order valence-electron chi connectivity index (χ2n) is 3.84. The Bertz CT molecular complexity index is 376. The van der Waals surface area contributed by atoms with Gasteiger partial charge in [0.15, 0.2) is 0 Å². The molecule has 2 nitrogen and oxygen atoms in total. The molecule has 0 radical (unpaired) electrons. The second kappa shape index (κ2) is 4.23. The quantitative estimate of drug-likeness (QED) is 0.671. The number of alkyl halides is 1. The summed E-state index contributed by atoms with van der Waals surface area (Å²) in [4.78, 5) is 13.7. The van der Waals surface area contributed by atoms with E-state index in [2.05, 4.69) is 6.07 Å². The van der Waals surface area contributed by atoms with E-state index in [0.29, 0.717) is 0 Å². The van der Waals surface area contributed by atoms with E-state index in [1.54, 1.807) is 11.8 Å². The van der Waals surface area contributed by atoms with Crippen molar-refractivity contribution in [2.45, 2.75) is 25.1 Å². The van der Waals surface area contributed by atoms with Gasteiger partial charge in [-0.2, -0.15) is 0 Å². The average molecular weight is 224 g/mol. The minimum Gasteiger partial charge on any atom is -0.311 e. The molecule has 1 heterocycles. The third-order valence-corrected chi connectivity index (χ3v) is 2.90. The van der Waals surface area contributed by atoms with Gasteiger partial charge in [-0.25, -0.2) is 0 Å². The molecule has 0 unspecified atom stereocenters. The van der Waals surface area contributed by atoms with Gasteiger partial charge in [0.1, 0.15) is 5.38 Å². The smallest absolute Gasteiger partial charge is 0.244 e. The zero-order valence-electron chi connectivity index (χ0n) is 8.74. The maximum atomic E-state index is 11.9. The molecule has 1 aromatic rings. The highest BCUT2D eigenvalue weighted by atomic mass is 35.5. The summed E-state index contributed by atoms with van der Waals surface area (Å²) >= 11 is 5.84. The van der Waals surface area contributed by atoms with Crippen LogP contribution in [0, 0.1) is 0 Å². The number of rotatable bonds is 1. The summed E-state index contributed by atoms with van der Waals surface area (Å²) in [6, 6.07) is 8.04. The molecule has 1 aliphatic rings. The Morgan fingerprint density at radius 1 is 1.47 bits per heavy atom. The Morgan fingerprint density at radius 3 is 2.93 bits per heavy atom. The summed E-state index contributed by atoms with van der Waals surface area (Å²) in [6.07, 6.45) is 2.07. The van der Waals surface area contributed by atoms with E-state index in [4.69, 9.17) is 11.6 Å². The van der Waals surface area contributed by atoms with Crippen molar-refractivity contribution in [1.29, 1.82) is 0 Å². The van der Waals surface area contributed by atoms with Gasteiger partial charge in [0.2, 0.25) is 5.91 Å². The van der Waals surface area contributed by atoms with Crippen molar-refractivity contribution in [1.82, 2.24) is 0 Å². The summed E-state index contributed by atoms with van der Waals surface area (Å²) < 4.78 is 0. The van der Waals surface area contributed by atoms with E-state index in [9.17, 15) is 4.79 Å². The highest BCUT2D eigenvalue weighted by molar-refractivity contribution is 6.32. The van der Waals surface area contributed by atoms with Crippen molar-refractivity contribution in [3.05, 3.63) is 29.8 Å². The van der Waals surface area contributed by atoms with Crippen LogP contribution in [0.4, 0.5) is 5.69 Å². The minimum atomic E-state index is -0.448. The first-order chi connectivity index (χ1) is 7.20. The molecule has 15 heavy (non-hydrogen) atoms. The Morgan fingerprint density at radius 2 is 2.20 bits per heavy atom. The molecule has 3 heteroatoms. The van der Waals surface area contributed by atoms with Crippen molar-refractivity contribution in [2.75, 3.05) is 11.4 Å². The van der Waals surface area contributed by atoms with Gasteiger partial charge in [-0.3, -0.25) is 4.79 Å². The number of para-hydroxylation sites is 1. The fourth-order valence-corrected chi connectivity index (χ4v) is 2.10. The lowest BCUT2D eigenvalue weighted by atomic mass is 10.0. The van der Waals surface area contributed by atoms with E-state index in [-0.39, 0.29) is 5.91 Å². The molecule has 0 aliphatic carbocycles. The van der Waals surface area contributed by atoms with Crippen LogP contribution in [0.15, 0.2) is 24.3 Å². The number of hydrogen-bond donors (Lipinski definition) is 0. The number of halogens is 1. The molecule has 0 bridgehead atoms. The number of benzene rings is 1. The number of carbonyl (C=O) groups excluding carboxylic acids is 1. The fraction of sp³-hybridized carbons (Fsp3) is 0.417. The largest absolute Gasteiger partial charge is 0.311 e. The van der Waals surface area contributed by atoms with Crippen LogP contribution in [0.3, 0.4) is 0 Å². The predicted molar refractivity (Wildman–Crippen MR) is 62.4 cm³/mol. The minimum absolute atomic E-state index is 0.00353. The van der Waals surface area contributed by atoms with Crippen LogP contribution < -0.4 is 4.90 Å². The zero-order valence-corrected chi connectivity index (χ0v) is 9.50. The normalized spacial score (nSPS) is 17.1. The topological polar surface area (TPSA) is 20.3 Å². The number of anilines is 1. The molecule has 1 atom stereocenters. The molecule has 1 aromatic carbocycles. The Balaban J connectivity index is 2.34. The SMILES string of the molecule is C[C@H](Cl)C(=O)N1CCCc2ccccc21. The van der Waals surface area contributed by atoms with Gasteiger partial charge in [0.05, 0.1) is 0 Å². The van der Waals surface area contributed by atoms with Crippen molar-refractivity contribution < 1.29 is 4.79 Å². The molecule has 0 aromatic heterocycles. The average Bonchev–Trinajstić information content (AvgIpc) is 2.27. The van der Waals surface area contributed by atoms with E-state index < -0.39 is 5.38 Å². The van der Waals surface area contributed by atoms with Crippen LogP contribution in [-0.2, 0) is 11.2 Å². The molecule has 2 rings (SSSR count). The van der Waals surface area contributed by atoms with Gasteiger partial charge in [-0.15, -0.1) is 11.6 Å². The number of fused-ring (bicyclic) bond motifs is 1. The van der Waals surface area contributed by atoms with Crippen molar-refractivity contribution in [2.24, 2.45) is 0 Å². The lowest BCUT2D eigenvalue weighted by Gasteiger charge is -2.30. The Hall–Kier alpha value is -1.02. The third kappa shape index (κ3) is 2.00. The lowest BCUT2D eigenvalue weighted by Crippen LogP contribution is -2.39. The fourth-order valence-electron chi connectivity index (χ4n) is 1.98. The third-order valence-electron chi connectivity index (χ3n) is 2.72. The van der Waals surface area contributed by atoms with E-state index >= 15 is 0 Å². The van der Waals surface area contributed by atoms with Gasteiger partial charge >= 0.3 is 0 Å². The van der Waals surface area contributed by atoms with Crippen LogP contribution >= 0.6 is 11.6 Å². The number of hydrogen-bond acceptors (Lipinski definition) is 1. The maximum Gasteiger partial charge on any atom is 0.244 e. The standard InChI is InChI=1S/C12H14ClNO/c1-9(13)12(15)14-8-4-6-10-5-2-3-7-11(10)14/h2-3,5,7,9H,4,6,8H2,1H3/t9-/m0/s1. The van der Waals surface area contributed by atoms with Gasteiger partial charge in [-0.1, -0.05) is 18.2 Å². The molecular formula is C12H14ClNO. The highest BCUT2D eigenvalue weighted by Gasteiger charge is 2.24. The summed E-state index contributed by atoms with van der Waals surface area (Å²) in [7, 11) is 0. The van der Waals surface area contributed by atoms with Gasteiger partial charge in [0.25, 0.3) is 0 Å². The molecule has 80 valence electrons. The maximum absolute atomic E-state index is 11.9. The molecule has 0 N–H and O–H groups in total. The summed E-state index contributed by atoms with van der Waals surface area (Å²) in [6.45, 7) is 2.51. The first-order valence-corrected chi connectivity index (χ1v) is 5.67. The van der Waals surface area contributed by atoms with Crippen LogP contribution in [0.2, 0.25) is 0 Å². The highest BCUT2D eigenvalue weighted by Crippen LogP contribution is 2.27. The zero-order chi connectivity index (χ0) is 10.8. The van der Waals surface area contributed by atoms with Crippen LogP contribution in [0.25, 0.3) is 0 Å². The van der Waals surface area contributed by atoms with Crippen LogP contribution in [-0.4, -0.2) is 17.8 Å². The summed E-state index contributed by atoms with van der Waals surface area (Å²) in [5, 5.41) is -0.448. The number of amides is 1. The van der Waals surface area contributed by atoms with E-state index in [1.165, 1.54) is 5.56 Å². The molecule has 0 spiro atoms. The Labute approximate surface area is 94.8 Å². The van der Waals surface area contributed by atoms with Crippen molar-refractivity contribution in [3.8, 4) is 0 Å². The molecule has 0 fully saturated rings. The van der Waals surface area contributed by atoms with Crippen molar-refractivity contribution >= 4 is 23.2 Å². The Kier molecular flexibility index (Phi) is 2.96. The summed E-state index contributed by atoms with van der Waals surface area (Å²) in [5.41, 5.74) is 2.27. The van der Waals surface area contributed by atoms with Crippen molar-refractivity contribution in [3.63, 3.8) is 0 Å². The van der Waals surface area contributed by atoms with Crippen LogP contribution in [0.1, 0.15) is 18.9 Å². The summed E-state index contributed by atoms with van der Waals surface area (Å²) in [5.74, 6) is 0.00353. The monoisotopic (exact) mass is 223 g/mol. The molecular weight excluding hydrogens is 210 g/mol. The van der Waals surface area contributed by atoms with Crippen LogP contribution in [0.5, 0.6) is 0 Å². The first-order valence-electron chi connectivity index (χ1n) is 5.23. The predicted octanol–water partition coefficient (Wildman–Crippen LogP) is 2.59. The van der Waals surface area contributed by atoms with Gasteiger partial charge in [0, 0.05) is 12.2 Å². The number of nitrogens with zero attached hydrogens (tertiary/aromatic N) is 1. The van der Waals surface area contributed by atoms with Gasteiger partial charge in [-0.05, 0) is 31.4 Å². The molecule has 1 amide bonds. The lowest BCUT2D eigenvalue weighted by molar-refractivity contribution is -0.118. The molecule has 1 aliphatic heterocycles.